The number of ether oxygens (including phenoxy) is 1. The second-order valence-corrected chi connectivity index (χ2v) is 6.30. The molecule has 1 rings (SSSR count). The number of aliphatic carboxylic acids is 1. The van der Waals surface area contributed by atoms with E-state index in [0.29, 0.717) is 0 Å². The van der Waals surface area contributed by atoms with Crippen molar-refractivity contribution < 1.29 is 14.6 Å². The minimum Gasteiger partial charge on any atom is -0.481 e. The normalized spacial score (nSPS) is 17.5. The Bertz CT molecular complexity index is 566. The molecule has 4 atom stereocenters. The highest BCUT2D eigenvalue weighted by molar-refractivity contribution is 5.70. The summed E-state index contributed by atoms with van der Waals surface area (Å²) >= 11 is 0. The molecule has 132 valence electrons. The van der Waals surface area contributed by atoms with Crippen LogP contribution in [0.25, 0.3) is 0 Å². The van der Waals surface area contributed by atoms with Gasteiger partial charge in [-0.15, -0.1) is 0 Å². The third kappa shape index (κ3) is 6.69. The van der Waals surface area contributed by atoms with Gasteiger partial charge in [0.1, 0.15) is 0 Å². The first-order chi connectivity index (χ1) is 11.3. The Morgan fingerprint density at radius 1 is 1.29 bits per heavy atom. The predicted octanol–water partition coefficient (Wildman–Crippen LogP) is 3.43. The molecule has 0 amide bonds. The highest BCUT2D eigenvalue weighted by Crippen LogP contribution is 2.17. The molecule has 0 spiro atoms. The number of hydrogen-bond acceptors (Lipinski definition) is 3. The van der Waals surface area contributed by atoms with E-state index in [1.165, 1.54) is 5.56 Å². The van der Waals surface area contributed by atoms with Gasteiger partial charge in [-0.3, -0.25) is 4.79 Å². The van der Waals surface area contributed by atoms with Gasteiger partial charge in [0.2, 0.25) is 0 Å². The van der Waals surface area contributed by atoms with Gasteiger partial charge in [-0.05, 0) is 18.9 Å². The molecule has 1 aromatic rings. The molecule has 0 saturated heterocycles. The van der Waals surface area contributed by atoms with Crippen LogP contribution in [0.4, 0.5) is 0 Å². The van der Waals surface area contributed by atoms with E-state index in [1.54, 1.807) is 20.1 Å². The van der Waals surface area contributed by atoms with E-state index in [0.717, 1.165) is 12.0 Å². The van der Waals surface area contributed by atoms with E-state index in [9.17, 15) is 4.79 Å². The third-order valence-electron chi connectivity index (χ3n) is 4.24. The maximum atomic E-state index is 10.9. The number of carboxylic acids is 1. The monoisotopic (exact) mass is 331 g/mol. The van der Waals surface area contributed by atoms with Crippen molar-refractivity contribution >= 4 is 5.97 Å². The standard InChI is InChI=1S/C20H29NO3/c1-14(10-11-18(21)16(3)20(22)23)12-15(2)19(24-4)13-17-8-6-5-7-9-17/h5-12,15-16,18-19H,13,21H2,1-4H3,(H,22,23)/t15-,16-,18-,19-/m0/s1. The number of benzene rings is 1. The van der Waals surface area contributed by atoms with Crippen LogP contribution in [-0.2, 0) is 16.0 Å². The fourth-order valence-corrected chi connectivity index (χ4v) is 2.50. The molecule has 0 bridgehead atoms. The van der Waals surface area contributed by atoms with Crippen LogP contribution < -0.4 is 5.73 Å². The first kappa shape index (κ1) is 20.1. The fraction of sp³-hybridized carbons (Fsp3) is 0.450. The Hall–Kier alpha value is -1.91. The molecule has 0 aromatic heterocycles. The Morgan fingerprint density at radius 2 is 1.92 bits per heavy atom. The molecule has 24 heavy (non-hydrogen) atoms. The summed E-state index contributed by atoms with van der Waals surface area (Å²) in [6.45, 7) is 5.72. The minimum atomic E-state index is -0.885. The molecule has 0 saturated carbocycles. The molecular formula is C20H29NO3. The minimum absolute atomic E-state index is 0.0855. The van der Waals surface area contributed by atoms with Crippen LogP contribution in [-0.4, -0.2) is 30.3 Å². The molecule has 0 heterocycles. The number of carboxylic acid groups (broad SMARTS) is 1. The van der Waals surface area contributed by atoms with Gasteiger partial charge in [-0.25, -0.2) is 0 Å². The topological polar surface area (TPSA) is 72.5 Å². The van der Waals surface area contributed by atoms with Crippen LogP contribution >= 0.6 is 0 Å². The average Bonchev–Trinajstić information content (AvgIpc) is 2.57. The van der Waals surface area contributed by atoms with Crippen LogP contribution in [0, 0.1) is 11.8 Å². The molecule has 0 aliphatic rings. The molecule has 0 unspecified atom stereocenters. The van der Waals surface area contributed by atoms with E-state index >= 15 is 0 Å². The van der Waals surface area contributed by atoms with Crippen molar-refractivity contribution in [1.29, 1.82) is 0 Å². The molecule has 0 radical (unpaired) electrons. The summed E-state index contributed by atoms with van der Waals surface area (Å²) in [7, 11) is 1.73. The first-order valence-electron chi connectivity index (χ1n) is 8.26. The highest BCUT2D eigenvalue weighted by Gasteiger charge is 2.17. The quantitative estimate of drug-likeness (QED) is 0.680. The maximum Gasteiger partial charge on any atom is 0.308 e. The van der Waals surface area contributed by atoms with E-state index in [-0.39, 0.29) is 12.0 Å². The van der Waals surface area contributed by atoms with Gasteiger partial charge in [-0.1, -0.05) is 68.0 Å². The van der Waals surface area contributed by atoms with E-state index in [1.807, 2.05) is 31.2 Å². The molecule has 0 fully saturated rings. The summed E-state index contributed by atoms with van der Waals surface area (Å²) < 4.78 is 5.64. The maximum absolute atomic E-state index is 10.9. The Balaban J connectivity index is 2.69. The van der Waals surface area contributed by atoms with Gasteiger partial charge in [-0.2, -0.15) is 0 Å². The Labute approximate surface area is 145 Å². The number of nitrogens with two attached hydrogens (primary N) is 1. The Morgan fingerprint density at radius 3 is 2.46 bits per heavy atom. The van der Waals surface area contributed by atoms with Crippen LogP contribution in [0.5, 0.6) is 0 Å². The third-order valence-corrected chi connectivity index (χ3v) is 4.24. The van der Waals surface area contributed by atoms with E-state index < -0.39 is 17.9 Å². The van der Waals surface area contributed by atoms with Gasteiger partial charge in [0.25, 0.3) is 0 Å². The van der Waals surface area contributed by atoms with Gasteiger partial charge in [0.15, 0.2) is 0 Å². The summed E-state index contributed by atoms with van der Waals surface area (Å²) in [5.74, 6) is -1.26. The fourth-order valence-electron chi connectivity index (χ4n) is 2.50. The van der Waals surface area contributed by atoms with Crippen LogP contribution in [0.2, 0.25) is 0 Å². The van der Waals surface area contributed by atoms with Gasteiger partial charge in [0, 0.05) is 19.1 Å². The van der Waals surface area contributed by atoms with Crippen molar-refractivity contribution in [3.63, 3.8) is 0 Å². The zero-order chi connectivity index (χ0) is 18.1. The SMILES string of the molecule is CO[C@@H](Cc1ccccc1)[C@@H](C)C=C(C)C=C[C@H](N)[C@H](C)C(=O)O. The van der Waals surface area contributed by atoms with Crippen molar-refractivity contribution in [2.45, 2.75) is 39.3 Å². The molecule has 4 heteroatoms. The number of hydrogen-bond donors (Lipinski definition) is 2. The lowest BCUT2D eigenvalue weighted by Crippen LogP contribution is -2.31. The van der Waals surface area contributed by atoms with Crippen LogP contribution in [0.1, 0.15) is 26.3 Å². The number of allylic oxidation sites excluding steroid dienone is 2. The van der Waals surface area contributed by atoms with Crippen LogP contribution in [0.3, 0.4) is 0 Å². The van der Waals surface area contributed by atoms with Crippen LogP contribution in [0.15, 0.2) is 54.1 Å². The summed E-state index contributed by atoms with van der Waals surface area (Å²) in [5, 5.41) is 8.96. The zero-order valence-electron chi connectivity index (χ0n) is 15.0. The van der Waals surface area contributed by atoms with Gasteiger partial charge >= 0.3 is 5.97 Å². The molecule has 1 aromatic carbocycles. The number of carbonyl (C=O) groups is 1. The highest BCUT2D eigenvalue weighted by atomic mass is 16.5. The van der Waals surface area contributed by atoms with Gasteiger partial charge in [0.05, 0.1) is 12.0 Å². The van der Waals surface area contributed by atoms with E-state index in [4.69, 9.17) is 15.6 Å². The molecule has 0 aliphatic carbocycles. The lowest BCUT2D eigenvalue weighted by molar-refractivity contribution is -0.141. The largest absolute Gasteiger partial charge is 0.481 e. The van der Waals surface area contributed by atoms with Crippen molar-refractivity contribution in [3.05, 3.63) is 59.7 Å². The van der Waals surface area contributed by atoms with Crippen molar-refractivity contribution in [2.24, 2.45) is 17.6 Å². The molecule has 4 nitrogen and oxygen atoms in total. The van der Waals surface area contributed by atoms with Crippen molar-refractivity contribution in [2.75, 3.05) is 7.11 Å². The summed E-state index contributed by atoms with van der Waals surface area (Å²) in [6, 6.07) is 9.76. The smallest absolute Gasteiger partial charge is 0.308 e. The summed E-state index contributed by atoms with van der Waals surface area (Å²) in [4.78, 5) is 10.9. The Kier molecular flexibility index (Phi) is 8.44. The van der Waals surface area contributed by atoms with Crippen molar-refractivity contribution in [3.8, 4) is 0 Å². The predicted molar refractivity (Wildman–Crippen MR) is 97.8 cm³/mol. The lowest BCUT2D eigenvalue weighted by atomic mass is 9.95. The lowest BCUT2D eigenvalue weighted by Gasteiger charge is -2.21. The average molecular weight is 331 g/mol. The molecule has 3 N–H and O–H groups in total. The van der Waals surface area contributed by atoms with E-state index in [2.05, 4.69) is 25.1 Å². The van der Waals surface area contributed by atoms with Gasteiger partial charge < -0.3 is 15.6 Å². The summed E-state index contributed by atoms with van der Waals surface area (Å²) in [5.41, 5.74) is 8.16. The number of methoxy groups -OCH3 is 1. The summed E-state index contributed by atoms with van der Waals surface area (Å²) in [6.07, 6.45) is 6.70. The second kappa shape index (κ2) is 10.1. The zero-order valence-corrected chi connectivity index (χ0v) is 15.0. The van der Waals surface area contributed by atoms with Crippen molar-refractivity contribution in [1.82, 2.24) is 0 Å². The molecule has 0 aliphatic heterocycles. The number of rotatable bonds is 9. The first-order valence-corrected chi connectivity index (χ1v) is 8.26. The second-order valence-electron chi connectivity index (χ2n) is 6.30. The molecular weight excluding hydrogens is 302 g/mol.